The topological polar surface area (TPSA) is 69.9 Å². The first-order chi connectivity index (χ1) is 28.2. The number of benzene rings is 8. The van der Waals surface area contributed by atoms with Crippen LogP contribution in [0.15, 0.2) is 191 Å². The number of aromatic nitrogens is 4. The molecule has 4 aromatic heterocycles. The zero-order chi connectivity index (χ0) is 37.5. The van der Waals surface area contributed by atoms with Crippen molar-refractivity contribution >= 4 is 65.7 Å². The number of rotatable bonds is 5. The van der Waals surface area contributed by atoms with E-state index in [0.29, 0.717) is 17.5 Å². The van der Waals surface area contributed by atoms with E-state index in [4.69, 9.17) is 23.8 Å². The fourth-order valence-electron chi connectivity index (χ4n) is 8.46. The van der Waals surface area contributed by atoms with Crippen LogP contribution in [-0.2, 0) is 0 Å². The quantitative estimate of drug-likeness (QED) is 0.176. The Bertz CT molecular complexity index is 3530. The summed E-state index contributed by atoms with van der Waals surface area (Å²) >= 11 is 0. The van der Waals surface area contributed by atoms with Gasteiger partial charge in [-0.15, -0.1) is 0 Å². The van der Waals surface area contributed by atoms with E-state index in [-0.39, 0.29) is 0 Å². The molecule has 0 atom stereocenters. The highest BCUT2D eigenvalue weighted by atomic mass is 16.3. The molecule has 12 rings (SSSR count). The summed E-state index contributed by atoms with van der Waals surface area (Å²) in [4.78, 5) is 15.4. The van der Waals surface area contributed by atoms with E-state index >= 15 is 0 Å². The average Bonchev–Trinajstić information content (AvgIpc) is 3.96. The average molecular weight is 731 g/mol. The smallest absolute Gasteiger partial charge is 0.167 e. The van der Waals surface area contributed by atoms with Crippen molar-refractivity contribution < 1.29 is 8.83 Å². The fourth-order valence-corrected chi connectivity index (χ4v) is 8.46. The van der Waals surface area contributed by atoms with E-state index in [1.807, 2.05) is 72.8 Å². The van der Waals surface area contributed by atoms with Crippen molar-refractivity contribution in [2.24, 2.45) is 0 Å². The van der Waals surface area contributed by atoms with Gasteiger partial charge in [-0.3, -0.25) is 0 Å². The molecule has 0 radical (unpaired) electrons. The van der Waals surface area contributed by atoms with Crippen LogP contribution in [0.25, 0.3) is 117 Å². The molecule has 0 unspecified atom stereocenters. The molecule has 0 bridgehead atoms. The van der Waals surface area contributed by atoms with Gasteiger partial charge in [-0.25, -0.2) is 15.0 Å². The lowest BCUT2D eigenvalue weighted by atomic mass is 10.0. The molecule has 4 heterocycles. The molecule has 0 saturated carbocycles. The SMILES string of the molecule is c1ccc(-c2ccc3c(c2)c2ccccc2n3-c2ccc3oc4cccc(-c5nc(-c6ccccc6)nc(-c6cccc7c6oc6ccccc67)n5)c4c3c2)cc1. The fraction of sp³-hybridized carbons (Fsp3) is 0. The summed E-state index contributed by atoms with van der Waals surface area (Å²) < 4.78 is 15.4. The Morgan fingerprint density at radius 3 is 1.84 bits per heavy atom. The van der Waals surface area contributed by atoms with Crippen LogP contribution in [0.4, 0.5) is 0 Å². The van der Waals surface area contributed by atoms with Crippen molar-refractivity contribution in [1.29, 1.82) is 0 Å². The molecule has 0 aliphatic carbocycles. The predicted molar refractivity (Wildman–Crippen MR) is 230 cm³/mol. The molecule has 8 aromatic carbocycles. The van der Waals surface area contributed by atoms with Crippen molar-refractivity contribution in [2.75, 3.05) is 0 Å². The number of hydrogen-bond acceptors (Lipinski definition) is 5. The molecule has 0 aliphatic heterocycles. The van der Waals surface area contributed by atoms with Crippen LogP contribution in [0.1, 0.15) is 0 Å². The second kappa shape index (κ2) is 12.3. The molecule has 0 N–H and O–H groups in total. The first-order valence-corrected chi connectivity index (χ1v) is 19.0. The highest BCUT2D eigenvalue weighted by Gasteiger charge is 2.21. The van der Waals surface area contributed by atoms with E-state index in [0.717, 1.165) is 77.3 Å². The lowest BCUT2D eigenvalue weighted by Gasteiger charge is -2.10. The predicted octanol–water partition coefficient (Wildman–Crippen LogP) is 13.4. The molecule has 6 nitrogen and oxygen atoms in total. The summed E-state index contributed by atoms with van der Waals surface area (Å²) in [6.07, 6.45) is 0. The molecule has 0 aliphatic rings. The van der Waals surface area contributed by atoms with Gasteiger partial charge in [0, 0.05) is 49.1 Å². The minimum Gasteiger partial charge on any atom is -0.456 e. The van der Waals surface area contributed by atoms with Gasteiger partial charge < -0.3 is 13.4 Å². The maximum Gasteiger partial charge on any atom is 0.167 e. The normalized spacial score (nSPS) is 11.9. The van der Waals surface area contributed by atoms with Gasteiger partial charge in [0.05, 0.1) is 16.6 Å². The molecule has 0 fully saturated rings. The van der Waals surface area contributed by atoms with E-state index < -0.39 is 0 Å². The summed E-state index contributed by atoms with van der Waals surface area (Å²) in [5.41, 5.74) is 11.4. The van der Waals surface area contributed by atoms with Crippen LogP contribution in [0.3, 0.4) is 0 Å². The molecule has 12 aromatic rings. The molecule has 266 valence electrons. The minimum absolute atomic E-state index is 0.536. The Labute approximate surface area is 325 Å². The zero-order valence-corrected chi connectivity index (χ0v) is 30.4. The van der Waals surface area contributed by atoms with Crippen molar-refractivity contribution in [3.8, 4) is 51.0 Å². The minimum atomic E-state index is 0.536. The standard InChI is InChI=1S/C51H30N4O2/c1-3-13-31(14-4-1)33-25-27-43-40(29-33)35-17-7-9-22-42(35)55(43)34-26-28-45-41(30-34)47-38(20-12-24-46(47)56-45)50-52-49(32-15-5-2-6-16-32)53-51(54-50)39-21-11-19-37-36-18-8-10-23-44(36)57-48(37)39/h1-30H. The maximum atomic E-state index is 6.55. The number of hydrogen-bond donors (Lipinski definition) is 0. The number of nitrogens with zero attached hydrogens (tertiary/aromatic N) is 4. The summed E-state index contributed by atoms with van der Waals surface area (Å²) in [5.74, 6) is 1.67. The molecule has 0 spiro atoms. The van der Waals surface area contributed by atoms with Gasteiger partial charge in [-0.2, -0.15) is 0 Å². The largest absolute Gasteiger partial charge is 0.456 e. The van der Waals surface area contributed by atoms with E-state index in [1.54, 1.807) is 0 Å². The Morgan fingerprint density at radius 2 is 0.982 bits per heavy atom. The third-order valence-electron chi connectivity index (χ3n) is 11.1. The van der Waals surface area contributed by atoms with Gasteiger partial charge in [0.25, 0.3) is 0 Å². The van der Waals surface area contributed by atoms with Crippen LogP contribution in [0.2, 0.25) is 0 Å². The summed E-state index contributed by atoms with van der Waals surface area (Å²) in [6, 6.07) is 62.8. The second-order valence-corrected chi connectivity index (χ2v) is 14.4. The van der Waals surface area contributed by atoms with Gasteiger partial charge in [0.2, 0.25) is 0 Å². The van der Waals surface area contributed by atoms with Crippen molar-refractivity contribution in [3.05, 3.63) is 182 Å². The molecule has 0 amide bonds. The Balaban J connectivity index is 1.08. The molecule has 6 heteroatoms. The molecule has 0 saturated heterocycles. The highest BCUT2D eigenvalue weighted by molar-refractivity contribution is 6.14. The van der Waals surface area contributed by atoms with Crippen LogP contribution in [0, 0.1) is 0 Å². The van der Waals surface area contributed by atoms with E-state index in [2.05, 4.69) is 114 Å². The lowest BCUT2D eigenvalue weighted by Crippen LogP contribution is -2.00. The van der Waals surface area contributed by atoms with Crippen LogP contribution < -0.4 is 0 Å². The van der Waals surface area contributed by atoms with E-state index in [1.165, 1.54) is 21.9 Å². The Kier molecular flexibility index (Phi) is 6.83. The first-order valence-electron chi connectivity index (χ1n) is 19.0. The number of para-hydroxylation sites is 3. The van der Waals surface area contributed by atoms with Crippen LogP contribution >= 0.6 is 0 Å². The van der Waals surface area contributed by atoms with Gasteiger partial charge >= 0.3 is 0 Å². The first kappa shape index (κ1) is 31.5. The van der Waals surface area contributed by atoms with Gasteiger partial charge in [0.15, 0.2) is 17.5 Å². The van der Waals surface area contributed by atoms with Crippen molar-refractivity contribution in [3.63, 3.8) is 0 Å². The van der Waals surface area contributed by atoms with Crippen LogP contribution in [0.5, 0.6) is 0 Å². The lowest BCUT2D eigenvalue weighted by molar-refractivity contribution is 0.668. The summed E-state index contributed by atoms with van der Waals surface area (Å²) in [6.45, 7) is 0. The highest BCUT2D eigenvalue weighted by Crippen LogP contribution is 2.41. The molecule has 57 heavy (non-hydrogen) atoms. The number of furan rings is 2. The second-order valence-electron chi connectivity index (χ2n) is 14.4. The van der Waals surface area contributed by atoms with Crippen LogP contribution in [-0.4, -0.2) is 19.5 Å². The van der Waals surface area contributed by atoms with Gasteiger partial charge in [0.1, 0.15) is 22.3 Å². The summed E-state index contributed by atoms with van der Waals surface area (Å²) in [5, 5.41) is 6.40. The monoisotopic (exact) mass is 730 g/mol. The Morgan fingerprint density at radius 1 is 0.351 bits per heavy atom. The third kappa shape index (κ3) is 4.94. The Hall–Kier alpha value is -7.83. The van der Waals surface area contributed by atoms with Crippen molar-refractivity contribution in [1.82, 2.24) is 19.5 Å². The van der Waals surface area contributed by atoms with E-state index in [9.17, 15) is 0 Å². The summed E-state index contributed by atoms with van der Waals surface area (Å²) in [7, 11) is 0. The third-order valence-corrected chi connectivity index (χ3v) is 11.1. The number of fused-ring (bicyclic) bond motifs is 9. The maximum absolute atomic E-state index is 6.55. The molecular weight excluding hydrogens is 701 g/mol. The van der Waals surface area contributed by atoms with Gasteiger partial charge in [-0.1, -0.05) is 127 Å². The molecular formula is C51H30N4O2. The zero-order valence-electron chi connectivity index (χ0n) is 30.4. The van der Waals surface area contributed by atoms with Crippen molar-refractivity contribution in [2.45, 2.75) is 0 Å². The van der Waals surface area contributed by atoms with Gasteiger partial charge in [-0.05, 0) is 65.7 Å².